The summed E-state index contributed by atoms with van der Waals surface area (Å²) >= 11 is 5.49. The Morgan fingerprint density at radius 3 is 2.73 bits per heavy atom. The second kappa shape index (κ2) is 2.88. The van der Waals surface area contributed by atoms with Gasteiger partial charge in [-0.25, -0.2) is 4.98 Å². The van der Waals surface area contributed by atoms with Crippen molar-refractivity contribution in [2.45, 2.75) is 6.92 Å². The number of hydrogen-bond acceptors (Lipinski definition) is 3. The van der Waals surface area contributed by atoms with Crippen LogP contribution in [-0.2, 0) is 0 Å². The van der Waals surface area contributed by atoms with Crippen molar-refractivity contribution in [3.63, 3.8) is 0 Å². The molecule has 0 N–H and O–H groups in total. The molecule has 0 unspecified atom stereocenters. The maximum atomic E-state index is 10.4. The number of aryl methyl sites for hydroxylation is 1. The summed E-state index contributed by atoms with van der Waals surface area (Å²) in [5, 5.41) is 10.4. The summed E-state index contributed by atoms with van der Waals surface area (Å²) in [5.41, 5.74) is 0.527. The number of hydrogen-bond donors (Lipinski definition) is 0. The van der Waals surface area contributed by atoms with Gasteiger partial charge in [-0.15, -0.1) is 0 Å². The molecule has 1 heterocycles. The molecule has 58 valence electrons. The first-order valence-corrected chi connectivity index (χ1v) is 3.33. The number of carbonyl (C=O) groups is 1. The molecule has 11 heavy (non-hydrogen) atoms. The maximum absolute atomic E-state index is 10.4. The van der Waals surface area contributed by atoms with Crippen LogP contribution in [0.15, 0.2) is 12.3 Å². The molecule has 0 aliphatic heterocycles. The Kier molecular flexibility index (Phi) is 2.10. The van der Waals surface area contributed by atoms with Crippen LogP contribution in [0.4, 0.5) is 0 Å². The van der Waals surface area contributed by atoms with Crippen molar-refractivity contribution < 1.29 is 9.90 Å². The summed E-state index contributed by atoms with van der Waals surface area (Å²) < 4.78 is 0. The first kappa shape index (κ1) is 8.01. The second-order valence-corrected chi connectivity index (χ2v) is 2.44. The minimum Gasteiger partial charge on any atom is -0.545 e. The number of aromatic carboxylic acids is 1. The van der Waals surface area contributed by atoms with Crippen LogP contribution < -0.4 is 5.11 Å². The lowest BCUT2D eigenvalue weighted by molar-refractivity contribution is -0.255. The van der Waals surface area contributed by atoms with E-state index in [0.29, 0.717) is 5.56 Å². The average molecular weight is 171 g/mol. The second-order valence-electron chi connectivity index (χ2n) is 2.08. The Labute approximate surface area is 68.6 Å². The van der Waals surface area contributed by atoms with Crippen molar-refractivity contribution >= 4 is 17.6 Å². The molecule has 3 nitrogen and oxygen atoms in total. The van der Waals surface area contributed by atoms with Crippen LogP contribution in [0, 0.1) is 6.92 Å². The van der Waals surface area contributed by atoms with Gasteiger partial charge in [-0.1, -0.05) is 11.6 Å². The fourth-order valence-electron chi connectivity index (χ4n) is 0.770. The third-order valence-electron chi connectivity index (χ3n) is 1.32. The van der Waals surface area contributed by atoms with Crippen molar-refractivity contribution in [2.24, 2.45) is 0 Å². The zero-order valence-corrected chi connectivity index (χ0v) is 6.55. The fourth-order valence-corrected chi connectivity index (χ4v) is 1.05. The highest BCUT2D eigenvalue weighted by atomic mass is 35.5. The summed E-state index contributed by atoms with van der Waals surface area (Å²) in [6.07, 6.45) is 1.45. The molecule has 0 atom stereocenters. The molecule has 0 aliphatic carbocycles. The first-order valence-electron chi connectivity index (χ1n) is 2.95. The standard InChI is InChI=1S/C7H6ClNO2/c1-4-2-3-9-6(8)5(4)7(10)11/h2-3H,1H3,(H,10,11)/p-1. The zero-order chi connectivity index (χ0) is 8.43. The third kappa shape index (κ3) is 1.49. The number of nitrogens with zero attached hydrogens (tertiary/aromatic N) is 1. The molecule has 1 rings (SSSR count). The number of carboxylic acid groups (broad SMARTS) is 1. The number of rotatable bonds is 1. The van der Waals surface area contributed by atoms with Crippen LogP contribution in [0.3, 0.4) is 0 Å². The summed E-state index contributed by atoms with van der Waals surface area (Å²) in [5.74, 6) is -1.29. The predicted molar refractivity (Wildman–Crippen MR) is 38.3 cm³/mol. The summed E-state index contributed by atoms with van der Waals surface area (Å²) in [6, 6.07) is 1.57. The summed E-state index contributed by atoms with van der Waals surface area (Å²) in [6.45, 7) is 1.64. The smallest absolute Gasteiger partial charge is 0.138 e. The fraction of sp³-hybridized carbons (Fsp3) is 0.143. The highest BCUT2D eigenvalue weighted by Crippen LogP contribution is 2.14. The van der Waals surface area contributed by atoms with Crippen LogP contribution in [0.1, 0.15) is 15.9 Å². The lowest BCUT2D eigenvalue weighted by Gasteiger charge is -2.06. The molecule has 1 aromatic rings. The van der Waals surface area contributed by atoms with Crippen molar-refractivity contribution in [1.82, 2.24) is 4.98 Å². The van der Waals surface area contributed by atoms with Gasteiger partial charge in [0.2, 0.25) is 0 Å². The lowest BCUT2D eigenvalue weighted by Crippen LogP contribution is -2.24. The van der Waals surface area contributed by atoms with Gasteiger partial charge in [0.25, 0.3) is 0 Å². The number of aromatic nitrogens is 1. The molecule has 4 heteroatoms. The predicted octanol–water partition coefficient (Wildman–Crippen LogP) is 0.407. The quantitative estimate of drug-likeness (QED) is 0.574. The van der Waals surface area contributed by atoms with E-state index in [1.165, 1.54) is 6.20 Å². The molecule has 0 bridgehead atoms. The molecule has 0 aliphatic rings. The molecule has 0 aromatic carbocycles. The van der Waals surface area contributed by atoms with Gasteiger partial charge in [0, 0.05) is 11.8 Å². The highest BCUT2D eigenvalue weighted by Gasteiger charge is 2.04. The van der Waals surface area contributed by atoms with E-state index in [1.807, 2.05) is 0 Å². The van der Waals surface area contributed by atoms with E-state index < -0.39 is 5.97 Å². The number of carboxylic acids is 1. The van der Waals surface area contributed by atoms with Gasteiger partial charge < -0.3 is 9.90 Å². The van der Waals surface area contributed by atoms with Gasteiger partial charge in [0.1, 0.15) is 5.15 Å². The van der Waals surface area contributed by atoms with Gasteiger partial charge in [0.15, 0.2) is 0 Å². The molecule has 0 saturated heterocycles. The molecular formula is C7H5ClNO2-. The Bertz CT molecular complexity index is 278. The van der Waals surface area contributed by atoms with Crippen LogP contribution in [0.25, 0.3) is 0 Å². The van der Waals surface area contributed by atoms with E-state index in [9.17, 15) is 9.90 Å². The topological polar surface area (TPSA) is 53.0 Å². The minimum absolute atomic E-state index is 0.0231. The highest BCUT2D eigenvalue weighted by molar-refractivity contribution is 6.32. The van der Waals surface area contributed by atoms with Gasteiger partial charge in [-0.2, -0.15) is 0 Å². The van der Waals surface area contributed by atoms with Gasteiger partial charge in [-0.05, 0) is 18.6 Å². The van der Waals surface area contributed by atoms with E-state index in [2.05, 4.69) is 4.98 Å². The average Bonchev–Trinajstić information content (AvgIpc) is 1.85. The van der Waals surface area contributed by atoms with Crippen molar-refractivity contribution in [2.75, 3.05) is 0 Å². The SMILES string of the molecule is Cc1ccnc(Cl)c1C(=O)[O-]. The summed E-state index contributed by atoms with van der Waals surface area (Å²) in [4.78, 5) is 14.0. The monoisotopic (exact) mass is 170 g/mol. The third-order valence-corrected chi connectivity index (χ3v) is 1.60. The Morgan fingerprint density at radius 1 is 1.73 bits per heavy atom. The number of pyridine rings is 1. The van der Waals surface area contributed by atoms with Gasteiger partial charge in [0.05, 0.1) is 5.97 Å². The van der Waals surface area contributed by atoms with Crippen molar-refractivity contribution in [3.8, 4) is 0 Å². The number of carbonyl (C=O) groups excluding carboxylic acids is 1. The minimum atomic E-state index is -1.29. The van der Waals surface area contributed by atoms with E-state index in [1.54, 1.807) is 13.0 Å². The van der Waals surface area contributed by atoms with E-state index in [4.69, 9.17) is 11.6 Å². The van der Waals surface area contributed by atoms with Gasteiger partial charge in [-0.3, -0.25) is 0 Å². The van der Waals surface area contributed by atoms with Crippen molar-refractivity contribution in [1.29, 1.82) is 0 Å². The Balaban J connectivity index is 3.32. The van der Waals surface area contributed by atoms with Crippen LogP contribution in [-0.4, -0.2) is 11.0 Å². The lowest BCUT2D eigenvalue weighted by atomic mass is 10.2. The van der Waals surface area contributed by atoms with Crippen molar-refractivity contribution in [3.05, 3.63) is 28.5 Å². The van der Waals surface area contributed by atoms with E-state index >= 15 is 0 Å². The summed E-state index contributed by atoms with van der Waals surface area (Å²) in [7, 11) is 0. The Hall–Kier alpha value is -1.09. The van der Waals surface area contributed by atoms with Crippen LogP contribution >= 0.6 is 11.6 Å². The van der Waals surface area contributed by atoms with Crippen LogP contribution in [0.2, 0.25) is 5.15 Å². The Morgan fingerprint density at radius 2 is 2.36 bits per heavy atom. The zero-order valence-electron chi connectivity index (χ0n) is 5.80. The molecule has 0 fully saturated rings. The van der Waals surface area contributed by atoms with E-state index in [0.717, 1.165) is 0 Å². The molecule has 0 radical (unpaired) electrons. The first-order chi connectivity index (χ1) is 5.13. The molecular weight excluding hydrogens is 166 g/mol. The molecule has 0 amide bonds. The maximum Gasteiger partial charge on any atom is 0.138 e. The molecule has 0 saturated carbocycles. The van der Waals surface area contributed by atoms with Gasteiger partial charge >= 0.3 is 0 Å². The normalized spacial score (nSPS) is 9.64. The molecule has 0 spiro atoms. The molecule has 1 aromatic heterocycles. The largest absolute Gasteiger partial charge is 0.545 e. The number of halogens is 1. The van der Waals surface area contributed by atoms with E-state index in [-0.39, 0.29) is 10.7 Å². The van der Waals surface area contributed by atoms with Crippen LogP contribution in [0.5, 0.6) is 0 Å².